The molecule has 16 heavy (non-hydrogen) atoms. The number of aliphatic imine (C=N–C) groups is 1. The molecule has 0 saturated carbocycles. The summed E-state index contributed by atoms with van der Waals surface area (Å²) in [6.45, 7) is 4.97. The average Bonchev–Trinajstić information content (AvgIpc) is 2.30. The topological polar surface area (TPSA) is 34.5 Å². The van der Waals surface area contributed by atoms with E-state index in [0.717, 1.165) is 30.1 Å². The van der Waals surface area contributed by atoms with E-state index >= 15 is 0 Å². The molecule has 1 aliphatic heterocycles. The van der Waals surface area contributed by atoms with Crippen molar-refractivity contribution in [3.05, 3.63) is 23.9 Å². The van der Waals surface area contributed by atoms with Crippen molar-refractivity contribution in [3.8, 4) is 5.88 Å². The van der Waals surface area contributed by atoms with Crippen molar-refractivity contribution < 1.29 is 4.74 Å². The van der Waals surface area contributed by atoms with Crippen LogP contribution in [0.5, 0.6) is 5.88 Å². The summed E-state index contributed by atoms with van der Waals surface area (Å²) in [5.74, 6) is 0.721. The molecule has 0 aliphatic carbocycles. The Morgan fingerprint density at radius 1 is 1.31 bits per heavy atom. The first-order valence-electron chi connectivity index (χ1n) is 5.93. The van der Waals surface area contributed by atoms with Crippen LogP contribution in [0.3, 0.4) is 0 Å². The maximum atomic E-state index is 5.71. The predicted octanol–water partition coefficient (Wildman–Crippen LogP) is 2.84. The number of hydrogen-bond acceptors (Lipinski definition) is 3. The van der Waals surface area contributed by atoms with Crippen molar-refractivity contribution in [3.63, 3.8) is 0 Å². The molecule has 0 unspecified atom stereocenters. The van der Waals surface area contributed by atoms with Gasteiger partial charge in [0.25, 0.3) is 0 Å². The Morgan fingerprint density at radius 3 is 2.88 bits per heavy atom. The van der Waals surface area contributed by atoms with Gasteiger partial charge in [0.1, 0.15) is 0 Å². The van der Waals surface area contributed by atoms with Crippen LogP contribution in [0.2, 0.25) is 0 Å². The molecule has 0 N–H and O–H groups in total. The molecule has 3 heteroatoms. The van der Waals surface area contributed by atoms with E-state index in [4.69, 9.17) is 4.74 Å². The fraction of sp³-hybridized carbons (Fsp3) is 0.538. The van der Waals surface area contributed by atoms with Crippen molar-refractivity contribution >= 4 is 5.71 Å². The summed E-state index contributed by atoms with van der Waals surface area (Å²) in [5, 5.41) is 0. The normalized spacial score (nSPS) is 16.1. The van der Waals surface area contributed by atoms with Crippen LogP contribution in [-0.4, -0.2) is 23.3 Å². The van der Waals surface area contributed by atoms with E-state index < -0.39 is 0 Å². The maximum Gasteiger partial charge on any atom is 0.222 e. The van der Waals surface area contributed by atoms with E-state index in [1.54, 1.807) is 6.20 Å². The lowest BCUT2D eigenvalue weighted by Crippen LogP contribution is -2.14. The van der Waals surface area contributed by atoms with Crippen LogP contribution in [0.25, 0.3) is 0 Å². The lowest BCUT2D eigenvalue weighted by Gasteiger charge is -2.16. The summed E-state index contributed by atoms with van der Waals surface area (Å²) in [6, 6.07) is 3.99. The third-order valence-corrected chi connectivity index (χ3v) is 2.55. The minimum atomic E-state index is 0.151. The molecule has 86 valence electrons. The highest BCUT2D eigenvalue weighted by molar-refractivity contribution is 6.02. The van der Waals surface area contributed by atoms with Crippen LogP contribution in [0.1, 0.15) is 38.7 Å². The molecule has 1 aromatic rings. The van der Waals surface area contributed by atoms with Gasteiger partial charge in [0.2, 0.25) is 5.88 Å². The number of rotatable bonds is 3. The summed E-state index contributed by atoms with van der Waals surface area (Å²) in [5.41, 5.74) is 2.21. The SMILES string of the molecule is CC(C)Oc1ncccc1C1=NCCCC1. The Hall–Kier alpha value is -1.38. The second kappa shape index (κ2) is 5.10. The molecule has 1 aliphatic rings. The summed E-state index contributed by atoms with van der Waals surface area (Å²) in [7, 11) is 0. The molecular weight excluding hydrogens is 200 g/mol. The quantitative estimate of drug-likeness (QED) is 0.781. The van der Waals surface area contributed by atoms with E-state index in [-0.39, 0.29) is 6.10 Å². The first-order valence-corrected chi connectivity index (χ1v) is 5.93. The molecule has 2 heterocycles. The number of nitrogens with zero attached hydrogens (tertiary/aromatic N) is 2. The van der Waals surface area contributed by atoms with Gasteiger partial charge in [0, 0.05) is 18.5 Å². The molecule has 0 fully saturated rings. The van der Waals surface area contributed by atoms with Crippen LogP contribution < -0.4 is 4.74 Å². The highest BCUT2D eigenvalue weighted by Gasteiger charge is 2.14. The van der Waals surface area contributed by atoms with Crippen molar-refractivity contribution in [1.82, 2.24) is 4.98 Å². The van der Waals surface area contributed by atoms with Gasteiger partial charge in [0.15, 0.2) is 0 Å². The van der Waals surface area contributed by atoms with Gasteiger partial charge in [-0.15, -0.1) is 0 Å². The minimum absolute atomic E-state index is 0.151. The molecule has 3 nitrogen and oxygen atoms in total. The van der Waals surface area contributed by atoms with Gasteiger partial charge in [-0.05, 0) is 45.2 Å². The van der Waals surface area contributed by atoms with Crippen LogP contribution in [0.15, 0.2) is 23.3 Å². The van der Waals surface area contributed by atoms with E-state index in [2.05, 4.69) is 16.0 Å². The van der Waals surface area contributed by atoms with E-state index in [9.17, 15) is 0 Å². The molecule has 0 spiro atoms. The van der Waals surface area contributed by atoms with Gasteiger partial charge in [-0.25, -0.2) is 4.98 Å². The summed E-state index contributed by atoms with van der Waals surface area (Å²) in [6.07, 6.45) is 5.38. The van der Waals surface area contributed by atoms with Crippen molar-refractivity contribution in [1.29, 1.82) is 0 Å². The van der Waals surface area contributed by atoms with Crippen LogP contribution in [-0.2, 0) is 0 Å². The van der Waals surface area contributed by atoms with Crippen molar-refractivity contribution in [2.75, 3.05) is 6.54 Å². The zero-order valence-corrected chi connectivity index (χ0v) is 9.94. The molecule has 1 aromatic heterocycles. The minimum Gasteiger partial charge on any atom is -0.474 e. The first kappa shape index (κ1) is 11.1. The Bertz CT molecular complexity index is 385. The Morgan fingerprint density at radius 2 is 2.19 bits per heavy atom. The van der Waals surface area contributed by atoms with Crippen molar-refractivity contribution in [2.45, 2.75) is 39.2 Å². The van der Waals surface area contributed by atoms with Gasteiger partial charge in [0.05, 0.1) is 11.7 Å². The second-order valence-electron chi connectivity index (χ2n) is 4.31. The molecular formula is C13H18N2O. The monoisotopic (exact) mass is 218 g/mol. The number of hydrogen-bond donors (Lipinski definition) is 0. The van der Waals surface area contributed by atoms with Crippen LogP contribution >= 0.6 is 0 Å². The van der Waals surface area contributed by atoms with Gasteiger partial charge in [-0.2, -0.15) is 0 Å². The highest BCUT2D eigenvalue weighted by Crippen LogP contribution is 2.21. The van der Waals surface area contributed by atoms with E-state index in [1.165, 1.54) is 12.8 Å². The summed E-state index contributed by atoms with van der Waals surface area (Å²) < 4.78 is 5.71. The molecule has 0 radical (unpaired) electrons. The second-order valence-corrected chi connectivity index (χ2v) is 4.31. The zero-order valence-electron chi connectivity index (χ0n) is 9.94. The lowest BCUT2D eigenvalue weighted by atomic mass is 10.0. The predicted molar refractivity (Wildman–Crippen MR) is 65.3 cm³/mol. The standard InChI is InChI=1S/C13H18N2O/c1-10(2)16-13-11(6-5-9-15-13)12-7-3-4-8-14-12/h5-6,9-10H,3-4,7-8H2,1-2H3. The maximum absolute atomic E-state index is 5.71. The Balaban J connectivity index is 2.28. The van der Waals surface area contributed by atoms with Gasteiger partial charge in [-0.3, -0.25) is 4.99 Å². The lowest BCUT2D eigenvalue weighted by molar-refractivity contribution is 0.232. The summed E-state index contributed by atoms with van der Waals surface area (Å²) in [4.78, 5) is 8.86. The fourth-order valence-electron chi connectivity index (χ4n) is 1.84. The third-order valence-electron chi connectivity index (χ3n) is 2.55. The Labute approximate surface area is 96.6 Å². The van der Waals surface area contributed by atoms with Gasteiger partial charge >= 0.3 is 0 Å². The van der Waals surface area contributed by atoms with Gasteiger partial charge in [-0.1, -0.05) is 0 Å². The number of aromatic nitrogens is 1. The first-order chi connectivity index (χ1) is 7.77. The average molecular weight is 218 g/mol. The molecule has 0 atom stereocenters. The molecule has 0 saturated heterocycles. The van der Waals surface area contributed by atoms with E-state index in [1.807, 2.05) is 19.9 Å². The smallest absolute Gasteiger partial charge is 0.222 e. The van der Waals surface area contributed by atoms with Crippen LogP contribution in [0, 0.1) is 0 Å². The zero-order chi connectivity index (χ0) is 11.4. The molecule has 0 amide bonds. The molecule has 0 aromatic carbocycles. The Kier molecular flexibility index (Phi) is 3.54. The van der Waals surface area contributed by atoms with E-state index in [0.29, 0.717) is 0 Å². The molecule has 2 rings (SSSR count). The largest absolute Gasteiger partial charge is 0.474 e. The molecule has 0 bridgehead atoms. The number of ether oxygens (including phenoxy) is 1. The van der Waals surface area contributed by atoms with Gasteiger partial charge < -0.3 is 4.74 Å². The van der Waals surface area contributed by atoms with Crippen molar-refractivity contribution in [2.24, 2.45) is 4.99 Å². The van der Waals surface area contributed by atoms with Crippen LogP contribution in [0.4, 0.5) is 0 Å². The highest BCUT2D eigenvalue weighted by atomic mass is 16.5. The summed E-state index contributed by atoms with van der Waals surface area (Å²) >= 11 is 0. The fourth-order valence-corrected chi connectivity index (χ4v) is 1.84. The number of pyridine rings is 1. The third kappa shape index (κ3) is 2.60.